The average Bonchev–Trinajstić information content (AvgIpc) is 4.01. The first-order valence-electron chi connectivity index (χ1n) is 19.8. The van der Waals surface area contributed by atoms with Crippen molar-refractivity contribution >= 4 is 77.0 Å². The van der Waals surface area contributed by atoms with E-state index in [4.69, 9.17) is 10.7 Å². The molecule has 1 aliphatic carbocycles. The number of nitrogens with two attached hydrogens (primary N) is 1. The number of aliphatic imine (C=N–C) groups is 1. The summed E-state index contributed by atoms with van der Waals surface area (Å²) < 4.78 is 4.55. The maximum absolute atomic E-state index is 7.16. The number of rotatable bonds is 5. The number of para-hydroxylation sites is 3. The van der Waals surface area contributed by atoms with Gasteiger partial charge in [-0.25, -0.2) is 4.99 Å². The standard InChI is InChI=1S/C54H36N4/c1-33(34-23-25-36(26-24-34)35-13-3-2-4-14-35)52-40-16-6-5-15-38(40)32-47(52)56-54(55)58-50-22-12-7-17-41(50)44-29-37(27-28-51(44)58)39-30-45-42-18-8-10-20-48(42)57-49-21-11-9-19-43(49)46(31-39)53(45)57/h2-31H,1,32H2,(H2,55,56). The molecule has 0 saturated carbocycles. The van der Waals surface area contributed by atoms with Gasteiger partial charge in [-0.1, -0.05) is 146 Å². The molecule has 2 N–H and O–H groups in total. The van der Waals surface area contributed by atoms with Gasteiger partial charge in [0.15, 0.2) is 0 Å². The van der Waals surface area contributed by atoms with Crippen molar-refractivity contribution in [3.05, 3.63) is 211 Å². The topological polar surface area (TPSA) is 47.7 Å². The molecule has 0 spiro atoms. The third-order valence-corrected chi connectivity index (χ3v) is 12.3. The molecule has 0 aliphatic heterocycles. The van der Waals surface area contributed by atoms with E-state index in [9.17, 15) is 0 Å². The lowest BCUT2D eigenvalue weighted by Crippen LogP contribution is -2.22. The van der Waals surface area contributed by atoms with Gasteiger partial charge in [0.05, 0.1) is 33.3 Å². The van der Waals surface area contributed by atoms with Gasteiger partial charge in [-0.05, 0) is 87.0 Å². The average molecular weight is 741 g/mol. The molecule has 4 nitrogen and oxygen atoms in total. The first-order valence-corrected chi connectivity index (χ1v) is 19.8. The Labute approximate surface area is 335 Å². The number of hydrogen-bond donors (Lipinski definition) is 1. The number of hydrogen-bond acceptors (Lipinski definition) is 1. The fraction of sp³-hybridized carbons (Fsp3) is 0.0185. The van der Waals surface area contributed by atoms with Crippen LogP contribution >= 0.6 is 0 Å². The first-order chi connectivity index (χ1) is 28.6. The Morgan fingerprint density at radius 1 is 0.483 bits per heavy atom. The summed E-state index contributed by atoms with van der Waals surface area (Å²) in [5.41, 5.74) is 24.0. The van der Waals surface area contributed by atoms with Gasteiger partial charge in [0.25, 0.3) is 0 Å². The largest absolute Gasteiger partial charge is 0.369 e. The molecule has 4 heteroatoms. The van der Waals surface area contributed by atoms with Crippen LogP contribution in [0.25, 0.3) is 93.3 Å². The number of nitrogens with zero attached hydrogens (tertiary/aromatic N) is 3. The summed E-state index contributed by atoms with van der Waals surface area (Å²) in [5, 5.41) is 7.36. The number of aromatic nitrogens is 2. The monoisotopic (exact) mass is 740 g/mol. The van der Waals surface area contributed by atoms with E-state index >= 15 is 0 Å². The summed E-state index contributed by atoms with van der Waals surface area (Å²) in [7, 11) is 0. The van der Waals surface area contributed by atoms with Crippen LogP contribution in [0.5, 0.6) is 0 Å². The zero-order valence-corrected chi connectivity index (χ0v) is 31.7. The maximum Gasteiger partial charge on any atom is 0.205 e. The Hall–Kier alpha value is -7.69. The first kappa shape index (κ1) is 32.5. The predicted octanol–water partition coefficient (Wildman–Crippen LogP) is 13.1. The highest BCUT2D eigenvalue weighted by Crippen LogP contribution is 2.44. The van der Waals surface area contributed by atoms with Crippen molar-refractivity contribution in [2.24, 2.45) is 10.7 Å². The van der Waals surface area contributed by atoms with Crippen LogP contribution in [0.1, 0.15) is 16.7 Å². The lowest BCUT2D eigenvalue weighted by Gasteiger charge is -2.13. The summed E-state index contributed by atoms with van der Waals surface area (Å²) >= 11 is 0. The molecule has 0 unspecified atom stereocenters. The molecule has 0 bridgehead atoms. The maximum atomic E-state index is 7.16. The minimum absolute atomic E-state index is 0.436. The van der Waals surface area contributed by atoms with Crippen molar-refractivity contribution in [2.45, 2.75) is 6.42 Å². The SMILES string of the molecule is C=C(C1=C(N=C(N)n2c3ccccc3c3cc(-c4cc5c6ccccc6n6c7ccccc7c(c4)c56)ccc32)Cc2ccccc21)c1ccc(-c2ccccc2)cc1. The van der Waals surface area contributed by atoms with E-state index in [1.807, 2.05) is 6.07 Å². The molecule has 272 valence electrons. The van der Waals surface area contributed by atoms with Crippen LogP contribution < -0.4 is 5.73 Å². The Morgan fingerprint density at radius 3 is 1.72 bits per heavy atom. The van der Waals surface area contributed by atoms with Gasteiger partial charge in [-0.15, -0.1) is 0 Å². The van der Waals surface area contributed by atoms with Crippen molar-refractivity contribution in [3.8, 4) is 22.3 Å². The van der Waals surface area contributed by atoms with Crippen molar-refractivity contribution in [3.63, 3.8) is 0 Å². The van der Waals surface area contributed by atoms with Crippen LogP contribution in [0.2, 0.25) is 0 Å². The fourth-order valence-corrected chi connectivity index (χ4v) is 9.62. The van der Waals surface area contributed by atoms with Gasteiger partial charge in [-0.2, -0.15) is 0 Å². The second-order valence-corrected chi connectivity index (χ2v) is 15.4. The van der Waals surface area contributed by atoms with Crippen LogP contribution in [0.4, 0.5) is 0 Å². The normalized spacial score (nSPS) is 13.3. The Morgan fingerprint density at radius 2 is 1.02 bits per heavy atom. The molecule has 0 saturated heterocycles. The lowest BCUT2D eigenvalue weighted by molar-refractivity contribution is 1.11. The van der Waals surface area contributed by atoms with Crippen LogP contribution in [0.15, 0.2) is 199 Å². The summed E-state index contributed by atoms with van der Waals surface area (Å²) in [4.78, 5) is 5.29. The quantitative estimate of drug-likeness (QED) is 0.139. The van der Waals surface area contributed by atoms with E-state index in [1.165, 1.54) is 60.3 Å². The van der Waals surface area contributed by atoms with Crippen molar-refractivity contribution in [1.82, 2.24) is 8.97 Å². The molecule has 0 amide bonds. The van der Waals surface area contributed by atoms with E-state index in [0.29, 0.717) is 12.4 Å². The van der Waals surface area contributed by atoms with E-state index < -0.39 is 0 Å². The Kier molecular flexibility index (Phi) is 6.96. The number of benzene rings is 8. The highest BCUT2D eigenvalue weighted by atomic mass is 15.2. The smallest absolute Gasteiger partial charge is 0.205 e. The third kappa shape index (κ3) is 4.72. The third-order valence-electron chi connectivity index (χ3n) is 12.3. The predicted molar refractivity (Wildman–Crippen MR) is 245 cm³/mol. The highest BCUT2D eigenvalue weighted by molar-refractivity contribution is 6.25. The molecule has 3 aromatic heterocycles. The minimum Gasteiger partial charge on any atom is -0.369 e. The van der Waals surface area contributed by atoms with Gasteiger partial charge in [0.1, 0.15) is 0 Å². The molecule has 0 radical (unpaired) electrons. The van der Waals surface area contributed by atoms with Gasteiger partial charge in [-0.3, -0.25) is 4.57 Å². The lowest BCUT2D eigenvalue weighted by atomic mass is 9.93. The van der Waals surface area contributed by atoms with Gasteiger partial charge >= 0.3 is 0 Å². The molecule has 58 heavy (non-hydrogen) atoms. The van der Waals surface area contributed by atoms with E-state index in [2.05, 4.69) is 191 Å². The fourth-order valence-electron chi connectivity index (χ4n) is 9.62. The van der Waals surface area contributed by atoms with E-state index in [-0.39, 0.29) is 0 Å². The van der Waals surface area contributed by atoms with Gasteiger partial charge in [0.2, 0.25) is 5.96 Å². The summed E-state index contributed by atoms with van der Waals surface area (Å²) in [6.45, 7) is 4.65. The highest BCUT2D eigenvalue weighted by Gasteiger charge is 2.25. The van der Waals surface area contributed by atoms with Gasteiger partial charge < -0.3 is 10.1 Å². The molecule has 1 aliphatic rings. The number of allylic oxidation sites excluding steroid dienone is 3. The Bertz CT molecular complexity index is 3460. The van der Waals surface area contributed by atoms with Crippen LogP contribution in [0, 0.1) is 0 Å². The van der Waals surface area contributed by atoms with Crippen molar-refractivity contribution in [2.75, 3.05) is 0 Å². The zero-order valence-electron chi connectivity index (χ0n) is 31.7. The number of fused-ring (bicyclic) bond motifs is 10. The van der Waals surface area contributed by atoms with Crippen LogP contribution in [-0.4, -0.2) is 14.9 Å². The summed E-state index contributed by atoms with van der Waals surface area (Å²) in [6, 6.07) is 65.2. The van der Waals surface area contributed by atoms with E-state index in [0.717, 1.165) is 55.3 Å². The summed E-state index contributed by atoms with van der Waals surface area (Å²) in [6.07, 6.45) is 0.680. The van der Waals surface area contributed by atoms with Crippen LogP contribution in [0.3, 0.4) is 0 Å². The van der Waals surface area contributed by atoms with Crippen molar-refractivity contribution in [1.29, 1.82) is 0 Å². The van der Waals surface area contributed by atoms with Crippen LogP contribution in [-0.2, 0) is 6.42 Å². The molecule has 11 aromatic rings. The second kappa shape index (κ2) is 12.4. The molecule has 3 heterocycles. The molecule has 0 atom stereocenters. The molecule has 8 aromatic carbocycles. The molecular weight excluding hydrogens is 705 g/mol. The minimum atomic E-state index is 0.436. The van der Waals surface area contributed by atoms with Gasteiger partial charge in [0, 0.05) is 44.3 Å². The molecule has 0 fully saturated rings. The Balaban J connectivity index is 0.997. The summed E-state index contributed by atoms with van der Waals surface area (Å²) in [5.74, 6) is 0.436. The zero-order chi connectivity index (χ0) is 38.5. The molecular formula is C54H36N4. The second-order valence-electron chi connectivity index (χ2n) is 15.4. The molecule has 12 rings (SSSR count). The van der Waals surface area contributed by atoms with E-state index in [1.54, 1.807) is 0 Å². The van der Waals surface area contributed by atoms with Crippen molar-refractivity contribution < 1.29 is 0 Å².